The van der Waals surface area contributed by atoms with Crippen LogP contribution >= 0.6 is 11.6 Å². The molecule has 0 spiro atoms. The van der Waals surface area contributed by atoms with E-state index in [1.54, 1.807) is 37.4 Å². The van der Waals surface area contributed by atoms with E-state index < -0.39 is 0 Å². The summed E-state index contributed by atoms with van der Waals surface area (Å²) in [6.07, 6.45) is 1.35. The van der Waals surface area contributed by atoms with Gasteiger partial charge in [0.25, 0.3) is 5.91 Å². The van der Waals surface area contributed by atoms with Crippen LogP contribution in [-0.4, -0.2) is 55.3 Å². The number of amides is 1. The Morgan fingerprint density at radius 1 is 1.39 bits per heavy atom. The van der Waals surface area contributed by atoms with Crippen molar-refractivity contribution in [1.82, 2.24) is 9.88 Å². The minimum absolute atomic E-state index is 0.102. The monoisotopic (exact) mass is 270 g/mol. The molecule has 0 radical (unpaired) electrons. The maximum Gasteiger partial charge on any atom is 0.257 e. The number of nitrogens with zero attached hydrogens (tertiary/aromatic N) is 2. The number of pyridine rings is 1. The first kappa shape index (κ1) is 13.3. The highest BCUT2D eigenvalue weighted by Gasteiger charge is 2.36. The number of ether oxygens (including phenoxy) is 2. The van der Waals surface area contributed by atoms with Gasteiger partial charge in [-0.1, -0.05) is 11.6 Å². The fourth-order valence-corrected chi connectivity index (χ4v) is 2.28. The molecular formula is C12H15ClN2O3. The van der Waals surface area contributed by atoms with Gasteiger partial charge in [-0.15, -0.1) is 0 Å². The van der Waals surface area contributed by atoms with Crippen LogP contribution in [0.5, 0.6) is 0 Å². The number of likely N-dealkylation sites (tertiary alicyclic amines) is 1. The molecule has 98 valence electrons. The summed E-state index contributed by atoms with van der Waals surface area (Å²) in [5, 5.41) is 0.220. The molecule has 1 aliphatic heterocycles. The molecule has 0 saturated carbocycles. The Bertz CT molecular complexity index is 429. The molecule has 1 aliphatic rings. The third kappa shape index (κ3) is 2.48. The van der Waals surface area contributed by atoms with Crippen molar-refractivity contribution in [2.75, 3.05) is 27.3 Å². The van der Waals surface area contributed by atoms with Crippen LogP contribution in [0.1, 0.15) is 10.4 Å². The fraction of sp³-hybridized carbons (Fsp3) is 0.500. The molecule has 2 heterocycles. The summed E-state index contributed by atoms with van der Waals surface area (Å²) in [4.78, 5) is 17.9. The van der Waals surface area contributed by atoms with Gasteiger partial charge in [0.1, 0.15) is 17.4 Å². The van der Waals surface area contributed by atoms with Crippen LogP contribution in [-0.2, 0) is 9.47 Å². The third-order valence-corrected chi connectivity index (χ3v) is 3.40. The van der Waals surface area contributed by atoms with E-state index in [0.717, 1.165) is 0 Å². The van der Waals surface area contributed by atoms with Crippen molar-refractivity contribution in [3.63, 3.8) is 0 Å². The van der Waals surface area contributed by atoms with Gasteiger partial charge in [0.15, 0.2) is 0 Å². The van der Waals surface area contributed by atoms with Crippen molar-refractivity contribution in [3.05, 3.63) is 29.0 Å². The number of carbonyl (C=O) groups is 1. The maximum absolute atomic E-state index is 12.3. The van der Waals surface area contributed by atoms with Crippen LogP contribution in [0.3, 0.4) is 0 Å². The van der Waals surface area contributed by atoms with Crippen molar-refractivity contribution in [2.24, 2.45) is 0 Å². The summed E-state index contributed by atoms with van der Waals surface area (Å²) < 4.78 is 10.6. The van der Waals surface area contributed by atoms with E-state index >= 15 is 0 Å². The fourth-order valence-electron chi connectivity index (χ4n) is 2.08. The molecule has 1 fully saturated rings. The standard InChI is InChI=1S/C12H15ClN2O3/c1-17-9-6-15(7-10(9)18-2)12(16)8-4-3-5-14-11(8)13/h3-5,9-10H,6-7H2,1-2H3. The smallest absolute Gasteiger partial charge is 0.257 e. The first-order valence-corrected chi connectivity index (χ1v) is 6.00. The Labute approximate surface area is 111 Å². The summed E-state index contributed by atoms with van der Waals surface area (Å²) in [5.74, 6) is -0.144. The highest BCUT2D eigenvalue weighted by atomic mass is 35.5. The molecule has 2 atom stereocenters. The Balaban J connectivity index is 2.14. The molecule has 1 aromatic heterocycles. The molecule has 18 heavy (non-hydrogen) atoms. The van der Waals surface area contributed by atoms with Crippen molar-refractivity contribution >= 4 is 17.5 Å². The zero-order valence-corrected chi connectivity index (χ0v) is 11.1. The molecule has 0 N–H and O–H groups in total. The zero-order valence-electron chi connectivity index (χ0n) is 10.3. The Morgan fingerprint density at radius 2 is 2.00 bits per heavy atom. The van der Waals surface area contributed by atoms with Crippen LogP contribution in [0.25, 0.3) is 0 Å². The average molecular weight is 271 g/mol. The second-order valence-electron chi connectivity index (χ2n) is 4.10. The van der Waals surface area contributed by atoms with E-state index in [2.05, 4.69) is 4.98 Å². The lowest BCUT2D eigenvalue weighted by Gasteiger charge is -2.16. The minimum atomic E-state index is -0.144. The molecule has 1 saturated heterocycles. The van der Waals surface area contributed by atoms with E-state index in [1.807, 2.05) is 0 Å². The highest BCUT2D eigenvalue weighted by Crippen LogP contribution is 2.20. The van der Waals surface area contributed by atoms with Crippen molar-refractivity contribution in [1.29, 1.82) is 0 Å². The SMILES string of the molecule is COC1CN(C(=O)c2cccnc2Cl)CC1OC. The van der Waals surface area contributed by atoms with Gasteiger partial charge >= 0.3 is 0 Å². The Hall–Kier alpha value is -1.17. The van der Waals surface area contributed by atoms with Crippen LogP contribution in [0, 0.1) is 0 Å². The molecule has 6 heteroatoms. The number of hydrogen-bond acceptors (Lipinski definition) is 4. The van der Waals surface area contributed by atoms with E-state index in [0.29, 0.717) is 18.7 Å². The molecule has 2 rings (SSSR count). The molecule has 0 bridgehead atoms. The third-order valence-electron chi connectivity index (χ3n) is 3.10. The van der Waals surface area contributed by atoms with Gasteiger partial charge in [-0.2, -0.15) is 0 Å². The van der Waals surface area contributed by atoms with Gasteiger partial charge < -0.3 is 14.4 Å². The summed E-state index contributed by atoms with van der Waals surface area (Å²) in [5.41, 5.74) is 0.408. The van der Waals surface area contributed by atoms with Gasteiger partial charge in [0.2, 0.25) is 0 Å². The van der Waals surface area contributed by atoms with Gasteiger partial charge in [-0.05, 0) is 12.1 Å². The van der Waals surface area contributed by atoms with E-state index in [1.165, 1.54) is 0 Å². The Kier molecular flexibility index (Phi) is 4.16. The van der Waals surface area contributed by atoms with Crippen molar-refractivity contribution in [2.45, 2.75) is 12.2 Å². The lowest BCUT2D eigenvalue weighted by atomic mass is 10.2. The topological polar surface area (TPSA) is 51.7 Å². The predicted octanol–water partition coefficient (Wildman–Crippen LogP) is 1.22. The predicted molar refractivity (Wildman–Crippen MR) is 66.7 cm³/mol. The summed E-state index contributed by atoms with van der Waals surface area (Å²) in [7, 11) is 3.23. The maximum atomic E-state index is 12.3. The second-order valence-corrected chi connectivity index (χ2v) is 4.46. The first-order valence-electron chi connectivity index (χ1n) is 5.62. The normalized spacial score (nSPS) is 23.4. The quantitative estimate of drug-likeness (QED) is 0.775. The Morgan fingerprint density at radius 3 is 2.50 bits per heavy atom. The van der Waals surface area contributed by atoms with E-state index in [9.17, 15) is 4.79 Å². The second kappa shape index (κ2) is 5.65. The van der Waals surface area contributed by atoms with Crippen molar-refractivity contribution in [3.8, 4) is 0 Å². The molecule has 2 unspecified atom stereocenters. The lowest BCUT2D eigenvalue weighted by Crippen LogP contribution is -2.30. The van der Waals surface area contributed by atoms with Crippen LogP contribution in [0.2, 0.25) is 5.15 Å². The van der Waals surface area contributed by atoms with Gasteiger partial charge in [0.05, 0.1) is 5.56 Å². The molecule has 5 nitrogen and oxygen atoms in total. The van der Waals surface area contributed by atoms with Crippen LogP contribution < -0.4 is 0 Å². The number of carbonyl (C=O) groups excluding carboxylic acids is 1. The van der Waals surface area contributed by atoms with Crippen LogP contribution in [0.15, 0.2) is 18.3 Å². The van der Waals surface area contributed by atoms with Gasteiger partial charge in [-0.25, -0.2) is 4.98 Å². The average Bonchev–Trinajstić information content (AvgIpc) is 2.81. The number of methoxy groups -OCH3 is 2. The molecular weight excluding hydrogens is 256 g/mol. The number of rotatable bonds is 3. The molecule has 1 amide bonds. The number of hydrogen-bond donors (Lipinski definition) is 0. The molecule has 0 aliphatic carbocycles. The van der Waals surface area contributed by atoms with Gasteiger partial charge in [0, 0.05) is 33.5 Å². The molecule has 1 aromatic rings. The number of halogens is 1. The number of aromatic nitrogens is 1. The van der Waals surface area contributed by atoms with Crippen LogP contribution in [0.4, 0.5) is 0 Å². The first-order chi connectivity index (χ1) is 8.67. The molecule has 0 aromatic carbocycles. The highest BCUT2D eigenvalue weighted by molar-refractivity contribution is 6.32. The van der Waals surface area contributed by atoms with Gasteiger partial charge in [-0.3, -0.25) is 4.79 Å². The van der Waals surface area contributed by atoms with E-state index in [4.69, 9.17) is 21.1 Å². The lowest BCUT2D eigenvalue weighted by molar-refractivity contribution is -0.00461. The summed E-state index contributed by atoms with van der Waals surface area (Å²) in [6, 6.07) is 3.36. The summed E-state index contributed by atoms with van der Waals surface area (Å²) >= 11 is 5.92. The minimum Gasteiger partial charge on any atom is -0.377 e. The summed E-state index contributed by atoms with van der Waals surface area (Å²) in [6.45, 7) is 0.998. The van der Waals surface area contributed by atoms with E-state index in [-0.39, 0.29) is 23.3 Å². The largest absolute Gasteiger partial charge is 0.377 e. The zero-order chi connectivity index (χ0) is 13.1. The van der Waals surface area contributed by atoms with Crippen molar-refractivity contribution < 1.29 is 14.3 Å².